The van der Waals surface area contributed by atoms with Gasteiger partial charge in [0, 0.05) is 0 Å². The molecular weight excluding hydrogens is 226 g/mol. The molecule has 70 valence electrons. The molecule has 0 aliphatic carbocycles. The molecule has 0 aliphatic rings. The summed E-state index contributed by atoms with van der Waals surface area (Å²) in [5.41, 5.74) is 0. The van der Waals surface area contributed by atoms with Gasteiger partial charge in [-0.1, -0.05) is 15.9 Å². The van der Waals surface area contributed by atoms with E-state index in [4.69, 9.17) is 0 Å². The molecule has 0 heterocycles. The zero-order valence-electron chi connectivity index (χ0n) is 7.26. The van der Waals surface area contributed by atoms with Gasteiger partial charge in [-0.2, -0.15) is 0 Å². The second kappa shape index (κ2) is 5.13. The minimum atomic E-state index is -0.595. The van der Waals surface area contributed by atoms with Crippen molar-refractivity contribution in [1.82, 2.24) is 5.32 Å². The minimum Gasteiger partial charge on any atom is -0.467 e. The molecule has 0 saturated carbocycles. The van der Waals surface area contributed by atoms with E-state index in [2.05, 4.69) is 26.0 Å². The second-order valence-corrected chi connectivity index (χ2v) is 3.74. The Kier molecular flexibility index (Phi) is 4.89. The lowest BCUT2D eigenvalue weighted by Gasteiger charge is -2.12. The number of carbonyl (C=O) groups excluding carboxylic acids is 2. The Hall–Kier alpha value is -0.580. The predicted octanol–water partition coefficient (Wildman–Crippen LogP) is 0.447. The SMILES string of the molecule is COC(=O)C(C)NC(=O)C(C)Br. The molecule has 0 aromatic carbocycles. The van der Waals surface area contributed by atoms with Crippen molar-refractivity contribution in [3.63, 3.8) is 0 Å². The normalized spacial score (nSPS) is 14.7. The third-order valence-corrected chi connectivity index (χ3v) is 1.69. The molecule has 0 rings (SSSR count). The average molecular weight is 238 g/mol. The van der Waals surface area contributed by atoms with Crippen LogP contribution in [0.15, 0.2) is 0 Å². The van der Waals surface area contributed by atoms with Gasteiger partial charge in [0.25, 0.3) is 0 Å². The van der Waals surface area contributed by atoms with Crippen LogP contribution >= 0.6 is 15.9 Å². The number of carbonyl (C=O) groups is 2. The molecule has 0 spiro atoms. The topological polar surface area (TPSA) is 55.4 Å². The first-order valence-electron chi connectivity index (χ1n) is 3.51. The molecule has 1 N–H and O–H groups in total. The Morgan fingerprint density at radius 2 is 1.92 bits per heavy atom. The van der Waals surface area contributed by atoms with Crippen molar-refractivity contribution in [2.24, 2.45) is 0 Å². The van der Waals surface area contributed by atoms with Crippen LogP contribution in [0.4, 0.5) is 0 Å². The molecule has 0 aliphatic heterocycles. The van der Waals surface area contributed by atoms with Crippen LogP contribution in [0.5, 0.6) is 0 Å². The summed E-state index contributed by atoms with van der Waals surface area (Å²) in [6, 6.07) is -0.595. The van der Waals surface area contributed by atoms with Crippen LogP contribution in [0.25, 0.3) is 0 Å². The first kappa shape index (κ1) is 11.4. The van der Waals surface area contributed by atoms with Crippen molar-refractivity contribution < 1.29 is 14.3 Å². The van der Waals surface area contributed by atoms with Crippen LogP contribution in [0, 0.1) is 0 Å². The largest absolute Gasteiger partial charge is 0.467 e. The lowest BCUT2D eigenvalue weighted by atomic mass is 10.3. The number of hydrogen-bond donors (Lipinski definition) is 1. The monoisotopic (exact) mass is 237 g/mol. The maximum absolute atomic E-state index is 11.0. The molecule has 2 unspecified atom stereocenters. The van der Waals surface area contributed by atoms with E-state index >= 15 is 0 Å². The van der Waals surface area contributed by atoms with Gasteiger partial charge in [0.15, 0.2) is 0 Å². The maximum Gasteiger partial charge on any atom is 0.328 e. The lowest BCUT2D eigenvalue weighted by Crippen LogP contribution is -2.41. The molecule has 0 saturated heterocycles. The van der Waals surface area contributed by atoms with Gasteiger partial charge in [0.05, 0.1) is 11.9 Å². The Morgan fingerprint density at radius 1 is 1.42 bits per heavy atom. The van der Waals surface area contributed by atoms with Crippen molar-refractivity contribution in [3.05, 3.63) is 0 Å². The summed E-state index contributed by atoms with van der Waals surface area (Å²) in [7, 11) is 1.28. The highest BCUT2D eigenvalue weighted by Gasteiger charge is 2.17. The van der Waals surface area contributed by atoms with Crippen LogP contribution in [0.1, 0.15) is 13.8 Å². The zero-order chi connectivity index (χ0) is 9.72. The van der Waals surface area contributed by atoms with Gasteiger partial charge < -0.3 is 10.1 Å². The Bertz CT molecular complexity index is 181. The number of ether oxygens (including phenoxy) is 1. The quantitative estimate of drug-likeness (QED) is 0.573. The smallest absolute Gasteiger partial charge is 0.328 e. The van der Waals surface area contributed by atoms with Crippen LogP contribution in [-0.2, 0) is 14.3 Å². The van der Waals surface area contributed by atoms with Crippen molar-refractivity contribution in [3.8, 4) is 0 Å². The van der Waals surface area contributed by atoms with E-state index in [1.165, 1.54) is 7.11 Å². The Labute approximate surface area is 79.8 Å². The summed E-state index contributed by atoms with van der Waals surface area (Å²) in [5.74, 6) is -0.676. The van der Waals surface area contributed by atoms with Crippen molar-refractivity contribution in [2.45, 2.75) is 24.7 Å². The number of rotatable bonds is 3. The third kappa shape index (κ3) is 3.71. The summed E-state index contributed by atoms with van der Waals surface area (Å²) < 4.78 is 4.42. The number of esters is 1. The van der Waals surface area contributed by atoms with Gasteiger partial charge in [-0.25, -0.2) is 4.79 Å². The Morgan fingerprint density at radius 3 is 2.25 bits per heavy atom. The number of nitrogens with one attached hydrogen (secondary N) is 1. The average Bonchev–Trinajstić information content (AvgIpc) is 2.02. The van der Waals surface area contributed by atoms with Gasteiger partial charge in [0.1, 0.15) is 6.04 Å². The summed E-state index contributed by atoms with van der Waals surface area (Å²) in [6.45, 7) is 3.25. The highest BCUT2D eigenvalue weighted by atomic mass is 79.9. The molecule has 1 amide bonds. The summed E-state index contributed by atoms with van der Waals surface area (Å²) in [6.07, 6.45) is 0. The fraction of sp³-hybridized carbons (Fsp3) is 0.714. The van der Waals surface area contributed by atoms with Crippen LogP contribution in [-0.4, -0.2) is 29.9 Å². The molecule has 12 heavy (non-hydrogen) atoms. The number of amides is 1. The molecule has 4 nitrogen and oxygen atoms in total. The van der Waals surface area contributed by atoms with E-state index in [0.29, 0.717) is 0 Å². The van der Waals surface area contributed by atoms with E-state index in [9.17, 15) is 9.59 Å². The highest BCUT2D eigenvalue weighted by molar-refractivity contribution is 9.10. The van der Waals surface area contributed by atoms with Crippen molar-refractivity contribution >= 4 is 27.8 Å². The highest BCUT2D eigenvalue weighted by Crippen LogP contribution is 1.97. The first-order chi connectivity index (χ1) is 5.49. The van der Waals surface area contributed by atoms with Gasteiger partial charge in [-0.3, -0.25) is 4.79 Å². The zero-order valence-corrected chi connectivity index (χ0v) is 8.84. The Balaban J connectivity index is 3.92. The number of methoxy groups -OCH3 is 1. The van der Waals surface area contributed by atoms with Gasteiger partial charge in [-0.15, -0.1) is 0 Å². The molecule has 0 aromatic rings. The van der Waals surface area contributed by atoms with Gasteiger partial charge in [0.2, 0.25) is 5.91 Å². The van der Waals surface area contributed by atoms with E-state index in [0.717, 1.165) is 0 Å². The van der Waals surface area contributed by atoms with Gasteiger partial charge in [-0.05, 0) is 13.8 Å². The van der Waals surface area contributed by atoms with Crippen LogP contribution in [0.2, 0.25) is 0 Å². The molecule has 0 bridgehead atoms. The molecule has 0 radical (unpaired) electrons. The molecule has 0 fully saturated rings. The maximum atomic E-state index is 11.0. The third-order valence-electron chi connectivity index (χ3n) is 1.27. The van der Waals surface area contributed by atoms with Gasteiger partial charge >= 0.3 is 5.97 Å². The second-order valence-electron chi connectivity index (χ2n) is 2.37. The van der Waals surface area contributed by atoms with E-state index in [1.807, 2.05) is 0 Å². The summed E-state index contributed by atoms with van der Waals surface area (Å²) in [4.78, 5) is 21.5. The number of hydrogen-bond acceptors (Lipinski definition) is 3. The fourth-order valence-corrected chi connectivity index (χ4v) is 0.696. The first-order valence-corrected chi connectivity index (χ1v) is 4.43. The summed E-state index contributed by atoms with van der Waals surface area (Å²) >= 11 is 3.08. The predicted molar refractivity (Wildman–Crippen MR) is 48.0 cm³/mol. The van der Waals surface area contributed by atoms with E-state index in [1.54, 1.807) is 13.8 Å². The minimum absolute atomic E-state index is 0.229. The summed E-state index contributed by atoms with van der Waals surface area (Å²) in [5, 5.41) is 2.47. The molecular formula is C7H12BrNO3. The fourth-order valence-electron chi connectivity index (χ4n) is 0.564. The standard InChI is InChI=1S/C7H12BrNO3/c1-4(8)6(10)9-5(2)7(11)12-3/h4-5H,1-3H3,(H,9,10). The van der Waals surface area contributed by atoms with Crippen molar-refractivity contribution in [1.29, 1.82) is 0 Å². The number of alkyl halides is 1. The molecule has 2 atom stereocenters. The molecule has 0 aromatic heterocycles. The van der Waals surface area contributed by atoms with E-state index in [-0.39, 0.29) is 10.7 Å². The van der Waals surface area contributed by atoms with Crippen molar-refractivity contribution in [2.75, 3.05) is 7.11 Å². The lowest BCUT2D eigenvalue weighted by molar-refractivity contribution is -0.144. The van der Waals surface area contributed by atoms with Crippen LogP contribution < -0.4 is 5.32 Å². The number of halogens is 1. The molecule has 5 heteroatoms. The van der Waals surface area contributed by atoms with E-state index < -0.39 is 12.0 Å². The van der Waals surface area contributed by atoms with Crippen LogP contribution in [0.3, 0.4) is 0 Å².